The molecule has 0 saturated carbocycles. The number of carbonyl (C=O) groups excluding carboxylic acids is 2. The average molecular weight is 505 g/mol. The van der Waals surface area contributed by atoms with Crippen molar-refractivity contribution in [2.24, 2.45) is 0 Å². The smallest absolute Gasteiger partial charge is 0.326 e. The molecule has 192 valence electrons. The van der Waals surface area contributed by atoms with Crippen LogP contribution in [0.4, 0.5) is 5.69 Å². The number of nitrogens with zero attached hydrogens (tertiary/aromatic N) is 1. The van der Waals surface area contributed by atoms with Crippen molar-refractivity contribution in [3.8, 4) is 0 Å². The van der Waals surface area contributed by atoms with Crippen molar-refractivity contribution in [2.45, 2.75) is 37.6 Å². The van der Waals surface area contributed by atoms with Crippen LogP contribution >= 0.6 is 0 Å². The number of nitro groups is 1. The first-order valence-electron chi connectivity index (χ1n) is 11.7. The predicted octanol–water partition coefficient (Wildman–Crippen LogP) is 4.21. The standard InChI is InChI=1S/C28H28N2O7/c1-3-37-24(31)18-23(19-14-16-22(17-15-19)30(35)36)25(26(32)33)29-27(34)28(2,20-10-6-4-7-11-20)21-12-8-5-9-13-21/h4-17,23,25H,3,18H2,1-2H3,(H,29,34)(H,32,33)/t23-,25-/m1/s1. The summed E-state index contributed by atoms with van der Waals surface area (Å²) in [5.74, 6) is -3.63. The van der Waals surface area contributed by atoms with Gasteiger partial charge in [0, 0.05) is 18.1 Å². The molecule has 3 aromatic rings. The first-order chi connectivity index (χ1) is 17.7. The number of ether oxygens (including phenoxy) is 1. The van der Waals surface area contributed by atoms with Crippen molar-refractivity contribution in [3.63, 3.8) is 0 Å². The average Bonchev–Trinajstić information content (AvgIpc) is 2.91. The fourth-order valence-corrected chi connectivity index (χ4v) is 4.26. The Morgan fingerprint density at radius 3 is 1.89 bits per heavy atom. The van der Waals surface area contributed by atoms with Gasteiger partial charge in [-0.3, -0.25) is 19.7 Å². The van der Waals surface area contributed by atoms with E-state index in [4.69, 9.17) is 4.74 Å². The van der Waals surface area contributed by atoms with Crippen LogP contribution in [0.2, 0.25) is 0 Å². The Labute approximate surface area is 214 Å². The lowest BCUT2D eigenvalue weighted by Gasteiger charge is -2.33. The molecule has 2 atom stereocenters. The highest BCUT2D eigenvalue weighted by molar-refractivity contribution is 5.94. The molecule has 0 aliphatic heterocycles. The molecule has 0 saturated heterocycles. The first kappa shape index (κ1) is 27.1. The topological polar surface area (TPSA) is 136 Å². The minimum Gasteiger partial charge on any atom is -0.480 e. The number of carboxylic acid groups (broad SMARTS) is 1. The number of non-ortho nitro benzene ring substituents is 1. The van der Waals surface area contributed by atoms with Crippen molar-refractivity contribution >= 4 is 23.5 Å². The van der Waals surface area contributed by atoms with Crippen molar-refractivity contribution < 1.29 is 29.2 Å². The van der Waals surface area contributed by atoms with Crippen molar-refractivity contribution in [2.75, 3.05) is 6.61 Å². The van der Waals surface area contributed by atoms with Crippen LogP contribution in [0.15, 0.2) is 84.9 Å². The van der Waals surface area contributed by atoms with E-state index in [9.17, 15) is 29.6 Å². The van der Waals surface area contributed by atoms with E-state index < -0.39 is 40.1 Å². The Hall–Kier alpha value is -4.53. The molecule has 0 fully saturated rings. The SMILES string of the molecule is CCOC(=O)C[C@H](c1ccc([N+](=O)[O-])cc1)[C@@H](NC(=O)C(C)(c1ccccc1)c1ccccc1)C(=O)O. The van der Waals surface area contributed by atoms with Crippen molar-refractivity contribution in [1.82, 2.24) is 5.32 Å². The second-order valence-electron chi connectivity index (χ2n) is 8.61. The molecule has 3 aromatic carbocycles. The van der Waals surface area contributed by atoms with Crippen molar-refractivity contribution in [1.29, 1.82) is 0 Å². The number of hydrogen-bond donors (Lipinski definition) is 2. The number of rotatable bonds is 11. The zero-order valence-corrected chi connectivity index (χ0v) is 20.5. The van der Waals surface area contributed by atoms with Gasteiger partial charge in [-0.05, 0) is 30.5 Å². The molecule has 0 aliphatic carbocycles. The second-order valence-corrected chi connectivity index (χ2v) is 8.61. The molecule has 0 spiro atoms. The van der Waals surface area contributed by atoms with Crippen LogP contribution < -0.4 is 5.32 Å². The molecular formula is C28H28N2O7. The van der Waals surface area contributed by atoms with Gasteiger partial charge >= 0.3 is 11.9 Å². The lowest BCUT2D eigenvalue weighted by molar-refractivity contribution is -0.384. The predicted molar refractivity (Wildman–Crippen MR) is 136 cm³/mol. The number of esters is 1. The van der Waals surface area contributed by atoms with Crippen LogP contribution in [0, 0.1) is 10.1 Å². The number of carbonyl (C=O) groups is 3. The molecule has 1 amide bonds. The summed E-state index contributed by atoms with van der Waals surface area (Å²) in [6, 6.07) is 21.6. The molecule has 0 aromatic heterocycles. The van der Waals surface area contributed by atoms with Gasteiger partial charge in [-0.1, -0.05) is 72.8 Å². The maximum atomic E-state index is 13.9. The highest BCUT2D eigenvalue weighted by atomic mass is 16.6. The Morgan fingerprint density at radius 2 is 1.46 bits per heavy atom. The Kier molecular flexibility index (Phi) is 8.73. The lowest BCUT2D eigenvalue weighted by atomic mass is 9.75. The second kappa shape index (κ2) is 11.9. The summed E-state index contributed by atoms with van der Waals surface area (Å²) in [6.45, 7) is 3.43. The number of carboxylic acids is 1. The third-order valence-corrected chi connectivity index (χ3v) is 6.34. The fourth-order valence-electron chi connectivity index (χ4n) is 4.26. The molecule has 2 N–H and O–H groups in total. The maximum Gasteiger partial charge on any atom is 0.326 e. The summed E-state index contributed by atoms with van der Waals surface area (Å²) in [7, 11) is 0. The molecule has 37 heavy (non-hydrogen) atoms. The van der Waals surface area contributed by atoms with Crippen LogP contribution in [0.1, 0.15) is 42.9 Å². The van der Waals surface area contributed by atoms with Gasteiger partial charge in [0.1, 0.15) is 6.04 Å². The molecule has 9 heteroatoms. The van der Waals surface area contributed by atoms with Gasteiger partial charge < -0.3 is 15.2 Å². The molecule has 9 nitrogen and oxygen atoms in total. The minimum atomic E-state index is -1.52. The Balaban J connectivity index is 2.05. The highest BCUT2D eigenvalue weighted by Gasteiger charge is 2.41. The van der Waals surface area contributed by atoms with Crippen LogP contribution in [0.3, 0.4) is 0 Å². The molecule has 0 radical (unpaired) electrons. The third-order valence-electron chi connectivity index (χ3n) is 6.34. The van der Waals surface area contributed by atoms with Gasteiger partial charge in [0.15, 0.2) is 0 Å². The van der Waals surface area contributed by atoms with Crippen LogP contribution in [0.25, 0.3) is 0 Å². The zero-order chi connectivity index (χ0) is 27.0. The monoisotopic (exact) mass is 504 g/mol. The van der Waals surface area contributed by atoms with Gasteiger partial charge in [0.2, 0.25) is 5.91 Å². The molecule has 0 aliphatic rings. The van der Waals surface area contributed by atoms with E-state index in [-0.39, 0.29) is 18.7 Å². The lowest BCUT2D eigenvalue weighted by Crippen LogP contribution is -2.52. The van der Waals surface area contributed by atoms with E-state index in [1.165, 1.54) is 24.3 Å². The van der Waals surface area contributed by atoms with Crippen LogP contribution in [-0.4, -0.2) is 40.5 Å². The van der Waals surface area contributed by atoms with Gasteiger partial charge in [-0.15, -0.1) is 0 Å². The van der Waals surface area contributed by atoms with E-state index in [0.29, 0.717) is 16.7 Å². The number of aliphatic carboxylic acids is 1. The van der Waals surface area contributed by atoms with Crippen molar-refractivity contribution in [3.05, 3.63) is 112 Å². The summed E-state index contributed by atoms with van der Waals surface area (Å²) >= 11 is 0. The number of benzene rings is 3. The quantitative estimate of drug-likeness (QED) is 0.227. The molecule has 0 heterocycles. The minimum absolute atomic E-state index is 0.0933. The summed E-state index contributed by atoms with van der Waals surface area (Å²) < 4.78 is 5.04. The fraction of sp³-hybridized carbons (Fsp3) is 0.250. The maximum absolute atomic E-state index is 13.9. The number of hydrogen-bond acceptors (Lipinski definition) is 6. The van der Waals surface area contributed by atoms with E-state index in [0.717, 1.165) is 0 Å². The van der Waals surface area contributed by atoms with Gasteiger partial charge in [0.25, 0.3) is 5.69 Å². The van der Waals surface area contributed by atoms with E-state index in [1.54, 1.807) is 62.4 Å². The van der Waals surface area contributed by atoms with Crippen LogP contribution in [-0.2, 0) is 24.5 Å². The van der Waals surface area contributed by atoms with E-state index in [1.807, 2.05) is 12.1 Å². The number of nitro benzene ring substituents is 1. The van der Waals surface area contributed by atoms with Crippen LogP contribution in [0.5, 0.6) is 0 Å². The largest absolute Gasteiger partial charge is 0.480 e. The zero-order valence-electron chi connectivity index (χ0n) is 20.5. The van der Waals surface area contributed by atoms with E-state index >= 15 is 0 Å². The van der Waals surface area contributed by atoms with Gasteiger partial charge in [-0.2, -0.15) is 0 Å². The summed E-state index contributed by atoms with van der Waals surface area (Å²) in [5.41, 5.74) is 0.211. The Morgan fingerprint density at radius 1 is 0.946 bits per heavy atom. The van der Waals surface area contributed by atoms with E-state index in [2.05, 4.69) is 5.32 Å². The van der Waals surface area contributed by atoms with Gasteiger partial charge in [0.05, 0.1) is 23.4 Å². The third kappa shape index (κ3) is 6.19. The summed E-state index contributed by atoms with van der Waals surface area (Å²) in [4.78, 5) is 49.3. The number of nitrogens with one attached hydrogen (secondary N) is 1. The normalized spacial score (nSPS) is 12.7. The molecular weight excluding hydrogens is 476 g/mol. The first-order valence-corrected chi connectivity index (χ1v) is 11.7. The molecule has 3 rings (SSSR count). The highest BCUT2D eigenvalue weighted by Crippen LogP contribution is 2.34. The molecule has 0 unspecified atom stereocenters. The van der Waals surface area contributed by atoms with Gasteiger partial charge in [-0.25, -0.2) is 4.79 Å². The summed E-state index contributed by atoms with van der Waals surface area (Å²) in [5, 5.41) is 23.9. The Bertz CT molecular complexity index is 1210. The summed E-state index contributed by atoms with van der Waals surface area (Å²) in [6.07, 6.45) is -0.351. The number of amides is 1. The molecule has 0 bridgehead atoms.